The maximum Gasteiger partial charge on any atom is 0.311 e. The van der Waals surface area contributed by atoms with Gasteiger partial charge in [0.05, 0.1) is 35.8 Å². The Morgan fingerprint density at radius 3 is 2.40 bits per heavy atom. The summed E-state index contributed by atoms with van der Waals surface area (Å²) in [5.74, 6) is -2.39. The number of esters is 1. The average Bonchev–Trinajstić information content (AvgIpc) is 3.33. The monoisotopic (exact) mass is 595 g/mol. The van der Waals surface area contributed by atoms with Crippen molar-refractivity contribution < 1.29 is 24.2 Å². The van der Waals surface area contributed by atoms with E-state index < -0.39 is 33.4 Å². The van der Waals surface area contributed by atoms with Crippen molar-refractivity contribution in [1.82, 2.24) is 4.90 Å². The molecule has 0 aliphatic carbocycles. The second-order valence-electron chi connectivity index (χ2n) is 12.1. The first-order chi connectivity index (χ1) is 20.2. The summed E-state index contributed by atoms with van der Waals surface area (Å²) in [4.78, 5) is 48.8. The van der Waals surface area contributed by atoms with Crippen LogP contribution in [-0.2, 0) is 19.1 Å². The maximum absolute atomic E-state index is 14.8. The molecule has 7 atom stereocenters. The molecule has 42 heavy (non-hydrogen) atoms. The molecular weight excluding hydrogens is 550 g/mol. The lowest BCUT2D eigenvalue weighted by atomic mass is 9.74. The fraction of sp³-hybridized carbons (Fsp3) is 0.606. The van der Waals surface area contributed by atoms with E-state index in [-0.39, 0.29) is 30.3 Å². The molecule has 9 heteroatoms. The first-order valence-corrected chi connectivity index (χ1v) is 16.3. The summed E-state index contributed by atoms with van der Waals surface area (Å²) in [6, 6.07) is 6.58. The number of hydrogen-bond acceptors (Lipinski definition) is 7. The molecule has 4 heterocycles. The Bertz CT molecular complexity index is 1250. The fourth-order valence-corrected chi connectivity index (χ4v) is 9.55. The molecule has 2 fully saturated rings. The molecule has 8 nitrogen and oxygen atoms in total. The molecule has 1 unspecified atom stereocenters. The van der Waals surface area contributed by atoms with Gasteiger partial charge in [-0.1, -0.05) is 44.6 Å². The third-order valence-electron chi connectivity index (χ3n) is 9.82. The normalized spacial score (nSPS) is 33.0. The van der Waals surface area contributed by atoms with E-state index in [1.54, 1.807) is 21.6 Å². The van der Waals surface area contributed by atoms with Crippen molar-refractivity contribution in [2.45, 2.75) is 75.5 Å². The van der Waals surface area contributed by atoms with Gasteiger partial charge < -0.3 is 24.5 Å². The number of rotatable bonds is 8. The van der Waals surface area contributed by atoms with Crippen LogP contribution in [0.3, 0.4) is 0 Å². The Balaban J connectivity index is 1.63. The van der Waals surface area contributed by atoms with Crippen LogP contribution < -0.4 is 9.80 Å². The molecule has 0 aromatic heterocycles. The summed E-state index contributed by atoms with van der Waals surface area (Å²) in [6.45, 7) is 12.4. The zero-order valence-electron chi connectivity index (χ0n) is 25.5. The van der Waals surface area contributed by atoms with Gasteiger partial charge in [-0.25, -0.2) is 0 Å². The van der Waals surface area contributed by atoms with Gasteiger partial charge in [-0.3, -0.25) is 14.4 Å². The number of aliphatic hydroxyl groups excluding tert-OH is 1. The SMILES string of the molecule is CC[C@H](C)[C@H](CO)N1C(=O)[C@@H]2[C@@H]3C(=O)OCCC/C=C\[C@]3(C)S[C@@]23C=CCN(c2ccc(N(CC)CC)cc2)C(=O)C13. The highest BCUT2D eigenvalue weighted by molar-refractivity contribution is 8.02. The first-order valence-electron chi connectivity index (χ1n) is 15.5. The number of carbonyl (C=O) groups is 3. The van der Waals surface area contributed by atoms with E-state index in [4.69, 9.17) is 4.74 Å². The molecule has 2 saturated heterocycles. The summed E-state index contributed by atoms with van der Waals surface area (Å²) in [5, 5.41) is 10.6. The number of fused-ring (bicyclic) bond motifs is 2. The molecule has 0 radical (unpaired) electrons. The summed E-state index contributed by atoms with van der Waals surface area (Å²) in [7, 11) is 0. The van der Waals surface area contributed by atoms with Crippen molar-refractivity contribution in [3.05, 3.63) is 48.6 Å². The van der Waals surface area contributed by atoms with Crippen LogP contribution in [0.4, 0.5) is 11.4 Å². The van der Waals surface area contributed by atoms with Crippen molar-refractivity contribution in [3.8, 4) is 0 Å². The highest BCUT2D eigenvalue weighted by Gasteiger charge is 2.74. The minimum absolute atomic E-state index is 0.0413. The number of hydrogen-bond donors (Lipinski definition) is 1. The van der Waals surface area contributed by atoms with Crippen molar-refractivity contribution in [1.29, 1.82) is 0 Å². The second kappa shape index (κ2) is 12.1. The quantitative estimate of drug-likeness (QED) is 0.352. The Labute approximate surface area is 254 Å². The van der Waals surface area contributed by atoms with Crippen molar-refractivity contribution in [3.63, 3.8) is 0 Å². The van der Waals surface area contributed by atoms with E-state index in [1.807, 2.05) is 57.2 Å². The molecule has 4 aliphatic heterocycles. The topological polar surface area (TPSA) is 90.4 Å². The van der Waals surface area contributed by atoms with Crippen LogP contribution in [0.1, 0.15) is 53.9 Å². The smallest absolute Gasteiger partial charge is 0.311 e. The molecule has 0 saturated carbocycles. The third kappa shape index (κ3) is 4.86. The van der Waals surface area contributed by atoms with Crippen LogP contribution in [0.2, 0.25) is 0 Å². The van der Waals surface area contributed by atoms with Gasteiger partial charge in [-0.2, -0.15) is 0 Å². The first kappa shape index (κ1) is 30.7. The van der Waals surface area contributed by atoms with Crippen LogP contribution in [0, 0.1) is 17.8 Å². The van der Waals surface area contributed by atoms with Crippen molar-refractivity contribution in [2.24, 2.45) is 17.8 Å². The Morgan fingerprint density at radius 2 is 1.76 bits per heavy atom. The van der Waals surface area contributed by atoms with Crippen LogP contribution in [-0.4, -0.2) is 82.2 Å². The summed E-state index contributed by atoms with van der Waals surface area (Å²) < 4.78 is 4.03. The number of amides is 2. The van der Waals surface area contributed by atoms with Crippen molar-refractivity contribution >= 4 is 40.9 Å². The lowest BCUT2D eigenvalue weighted by Crippen LogP contribution is -2.58. The van der Waals surface area contributed by atoms with Gasteiger partial charge in [-0.05, 0) is 63.8 Å². The Kier molecular flexibility index (Phi) is 8.82. The minimum Gasteiger partial charge on any atom is -0.465 e. The largest absolute Gasteiger partial charge is 0.465 e. The molecule has 1 aromatic carbocycles. The molecule has 1 N–H and O–H groups in total. The number of aliphatic hydroxyl groups is 1. The average molecular weight is 596 g/mol. The number of allylic oxidation sites excluding steroid dienone is 1. The molecule has 1 aromatic rings. The van der Waals surface area contributed by atoms with Crippen LogP contribution in [0.25, 0.3) is 0 Å². The summed E-state index contributed by atoms with van der Waals surface area (Å²) >= 11 is 1.54. The second-order valence-corrected chi connectivity index (χ2v) is 13.9. The third-order valence-corrected chi connectivity index (χ3v) is 11.6. The van der Waals surface area contributed by atoms with E-state index in [2.05, 4.69) is 30.9 Å². The van der Waals surface area contributed by atoms with Gasteiger partial charge in [0, 0.05) is 35.8 Å². The van der Waals surface area contributed by atoms with Crippen LogP contribution in [0.15, 0.2) is 48.6 Å². The Morgan fingerprint density at radius 1 is 1.05 bits per heavy atom. The zero-order chi connectivity index (χ0) is 30.2. The van der Waals surface area contributed by atoms with E-state index in [9.17, 15) is 19.5 Å². The number of cyclic esters (lactones) is 1. The molecule has 228 valence electrons. The summed E-state index contributed by atoms with van der Waals surface area (Å²) in [6.07, 6.45) is 10.4. The maximum atomic E-state index is 14.8. The zero-order valence-corrected chi connectivity index (χ0v) is 26.3. The molecule has 2 amide bonds. The van der Waals surface area contributed by atoms with Gasteiger partial charge in [0.25, 0.3) is 5.91 Å². The molecule has 4 aliphatic rings. The number of anilines is 2. The number of thioether (sulfide) groups is 1. The van der Waals surface area contributed by atoms with Gasteiger partial charge in [-0.15, -0.1) is 11.8 Å². The number of ether oxygens (including phenoxy) is 1. The molecule has 0 bridgehead atoms. The van der Waals surface area contributed by atoms with Gasteiger partial charge in [0.2, 0.25) is 5.91 Å². The van der Waals surface area contributed by atoms with Crippen LogP contribution in [0.5, 0.6) is 0 Å². The lowest BCUT2D eigenvalue weighted by Gasteiger charge is -2.41. The minimum atomic E-state index is -0.979. The van der Waals surface area contributed by atoms with Crippen molar-refractivity contribution in [2.75, 3.05) is 42.6 Å². The fourth-order valence-electron chi connectivity index (χ4n) is 7.41. The predicted molar refractivity (Wildman–Crippen MR) is 167 cm³/mol. The van der Waals surface area contributed by atoms with Gasteiger partial charge >= 0.3 is 5.97 Å². The standard InChI is InChI=1S/C33H45N3O5S/c1-6-22(4)25(21-37)36-28-30(39)35(24-15-13-23(14-16-24)34(7-2)8-3)19-12-18-33(28)26(29(36)38)27-31(40)41-20-11-9-10-17-32(27,5)42-33/h10,12-18,22,25-28,37H,6-9,11,19-21H2,1-5H3/b17-10-/t22-,25-,26-,27+,28?,32-,33-/m0/s1. The number of nitrogens with zero attached hydrogens (tertiary/aromatic N) is 3. The number of carbonyl (C=O) groups excluding carboxylic acids is 3. The predicted octanol–water partition coefficient (Wildman–Crippen LogP) is 4.42. The van der Waals surface area contributed by atoms with Gasteiger partial charge in [0.1, 0.15) is 6.04 Å². The van der Waals surface area contributed by atoms with E-state index in [1.165, 1.54) is 0 Å². The highest BCUT2D eigenvalue weighted by Crippen LogP contribution is 2.65. The van der Waals surface area contributed by atoms with E-state index in [0.717, 1.165) is 43.7 Å². The van der Waals surface area contributed by atoms with Gasteiger partial charge in [0.15, 0.2) is 0 Å². The number of likely N-dealkylation sites (tertiary alicyclic amines) is 1. The van der Waals surface area contributed by atoms with Crippen LogP contribution >= 0.6 is 11.8 Å². The molecular formula is C33H45N3O5S. The van der Waals surface area contributed by atoms with E-state index >= 15 is 0 Å². The molecule has 1 spiro atoms. The highest BCUT2D eigenvalue weighted by atomic mass is 32.2. The molecule has 5 rings (SSSR count). The van der Waals surface area contributed by atoms with E-state index in [0.29, 0.717) is 13.2 Å². The number of benzene rings is 1. The summed E-state index contributed by atoms with van der Waals surface area (Å²) in [5.41, 5.74) is 1.85. The Hall–Kier alpha value is -2.78. The lowest BCUT2D eigenvalue weighted by molar-refractivity contribution is -0.154.